The van der Waals surface area contributed by atoms with Crippen molar-refractivity contribution in [3.63, 3.8) is 0 Å². The molecule has 0 spiro atoms. The van der Waals surface area contributed by atoms with Crippen LogP contribution in [0.1, 0.15) is 24.0 Å². The minimum Gasteiger partial charge on any atom is -0.310 e. The van der Waals surface area contributed by atoms with Crippen LogP contribution in [0.2, 0.25) is 0 Å². The van der Waals surface area contributed by atoms with Crippen molar-refractivity contribution in [3.8, 4) is 0 Å². The van der Waals surface area contributed by atoms with E-state index in [9.17, 15) is 8.78 Å². The molecule has 1 saturated carbocycles. The van der Waals surface area contributed by atoms with Gasteiger partial charge in [-0.15, -0.1) is 0 Å². The van der Waals surface area contributed by atoms with E-state index >= 15 is 0 Å². The zero-order valence-electron chi connectivity index (χ0n) is 11.1. The number of aromatic nitrogens is 2. The Hall–Kier alpha value is -1.75. The molecule has 1 N–H and O–H groups in total. The molecular weight excluding hydrogens is 260 g/mol. The summed E-state index contributed by atoms with van der Waals surface area (Å²) in [5.41, 5.74) is 0.967. The highest BCUT2D eigenvalue weighted by Gasteiger charge is 2.32. The van der Waals surface area contributed by atoms with Crippen LogP contribution in [0.5, 0.6) is 0 Å². The average Bonchev–Trinajstić information content (AvgIpc) is 3.18. The van der Waals surface area contributed by atoms with Crippen LogP contribution in [0.3, 0.4) is 0 Å². The number of nitrogens with one attached hydrogen (secondary N) is 1. The van der Waals surface area contributed by atoms with E-state index in [0.29, 0.717) is 12.6 Å². The third kappa shape index (κ3) is 3.22. The van der Waals surface area contributed by atoms with Gasteiger partial charge in [0.2, 0.25) is 0 Å². The van der Waals surface area contributed by atoms with E-state index in [0.717, 1.165) is 5.56 Å². The Morgan fingerprint density at radius 2 is 2.00 bits per heavy atom. The molecule has 1 aromatic carbocycles. The van der Waals surface area contributed by atoms with Gasteiger partial charge >= 0.3 is 0 Å². The third-order valence-electron chi connectivity index (χ3n) is 3.42. The fraction of sp³-hybridized carbons (Fsp3) is 0.400. The minimum absolute atomic E-state index is 0.0214. The van der Waals surface area contributed by atoms with E-state index in [-0.39, 0.29) is 5.56 Å². The van der Waals surface area contributed by atoms with Crippen LogP contribution in [0.25, 0.3) is 0 Å². The van der Waals surface area contributed by atoms with Crippen LogP contribution >= 0.6 is 0 Å². The van der Waals surface area contributed by atoms with Gasteiger partial charge in [-0.3, -0.25) is 4.68 Å². The lowest BCUT2D eigenvalue weighted by atomic mass is 10.1. The molecule has 20 heavy (non-hydrogen) atoms. The molecule has 0 saturated heterocycles. The normalized spacial score (nSPS) is 15.5. The highest BCUT2D eigenvalue weighted by molar-refractivity contribution is 5.20. The molecule has 0 unspecified atom stereocenters. The Bertz CT molecular complexity index is 562. The highest BCUT2D eigenvalue weighted by Crippen LogP contribution is 2.29. The number of halogens is 2. The average molecular weight is 277 g/mol. The number of hydrogen-bond acceptors (Lipinski definition) is 2. The van der Waals surface area contributed by atoms with E-state index in [1.54, 1.807) is 30.6 Å². The second-order valence-electron chi connectivity index (χ2n) is 5.27. The van der Waals surface area contributed by atoms with Crippen LogP contribution < -0.4 is 5.32 Å². The Morgan fingerprint density at radius 1 is 1.25 bits per heavy atom. The van der Waals surface area contributed by atoms with Crippen molar-refractivity contribution >= 4 is 0 Å². The van der Waals surface area contributed by atoms with E-state index < -0.39 is 12.5 Å². The summed E-state index contributed by atoms with van der Waals surface area (Å²) in [6.07, 6.45) is 5.75. The fourth-order valence-electron chi connectivity index (χ4n) is 2.11. The van der Waals surface area contributed by atoms with E-state index in [2.05, 4.69) is 10.4 Å². The fourth-order valence-corrected chi connectivity index (χ4v) is 2.11. The highest BCUT2D eigenvalue weighted by atomic mass is 19.3. The number of rotatable bonds is 6. The molecule has 0 radical (unpaired) electrons. The van der Waals surface area contributed by atoms with Crippen molar-refractivity contribution in [2.24, 2.45) is 0 Å². The summed E-state index contributed by atoms with van der Waals surface area (Å²) in [6, 6.07) is 8.46. The third-order valence-corrected chi connectivity index (χ3v) is 3.42. The molecule has 0 aliphatic heterocycles. The molecule has 0 amide bonds. The zero-order valence-corrected chi connectivity index (χ0v) is 11.1. The van der Waals surface area contributed by atoms with Gasteiger partial charge in [0.05, 0.1) is 6.20 Å². The molecule has 3 nitrogen and oxygen atoms in total. The van der Waals surface area contributed by atoms with Crippen molar-refractivity contribution in [3.05, 3.63) is 53.9 Å². The SMILES string of the molecule is FC(F)(Cn1cc(CNC2CC2)cn1)c1ccccc1. The van der Waals surface area contributed by atoms with Crippen molar-refractivity contribution in [2.45, 2.75) is 37.9 Å². The number of alkyl halides is 2. The van der Waals surface area contributed by atoms with Gasteiger partial charge in [0, 0.05) is 29.9 Å². The molecular formula is C15H17F2N3. The number of hydrogen-bond donors (Lipinski definition) is 1. The van der Waals surface area contributed by atoms with Gasteiger partial charge in [0.25, 0.3) is 5.92 Å². The second kappa shape index (κ2) is 5.32. The predicted molar refractivity (Wildman–Crippen MR) is 72.4 cm³/mol. The summed E-state index contributed by atoms with van der Waals surface area (Å²) >= 11 is 0. The lowest BCUT2D eigenvalue weighted by Gasteiger charge is -2.16. The molecule has 0 atom stereocenters. The van der Waals surface area contributed by atoms with Gasteiger partial charge in [-0.25, -0.2) is 0 Å². The summed E-state index contributed by atoms with van der Waals surface area (Å²) in [4.78, 5) is 0. The van der Waals surface area contributed by atoms with Crippen molar-refractivity contribution in [1.29, 1.82) is 0 Å². The van der Waals surface area contributed by atoms with Gasteiger partial charge in [-0.05, 0) is 12.8 Å². The van der Waals surface area contributed by atoms with Gasteiger partial charge in [-0.1, -0.05) is 30.3 Å². The van der Waals surface area contributed by atoms with Crippen LogP contribution in [-0.2, 0) is 19.0 Å². The lowest BCUT2D eigenvalue weighted by molar-refractivity contribution is -0.0254. The van der Waals surface area contributed by atoms with Crippen LogP contribution in [0.4, 0.5) is 8.78 Å². The molecule has 1 aromatic heterocycles. The molecule has 5 heteroatoms. The summed E-state index contributed by atoms with van der Waals surface area (Å²) < 4.78 is 29.5. The lowest BCUT2D eigenvalue weighted by Crippen LogP contribution is -2.21. The summed E-state index contributed by atoms with van der Waals surface area (Å²) in [5, 5.41) is 7.36. The molecule has 1 fully saturated rings. The van der Waals surface area contributed by atoms with Gasteiger partial charge in [0.15, 0.2) is 0 Å². The quantitative estimate of drug-likeness (QED) is 0.880. The zero-order chi connectivity index (χ0) is 14.0. The number of nitrogens with zero attached hydrogens (tertiary/aromatic N) is 2. The minimum atomic E-state index is -2.91. The first kappa shape index (κ1) is 13.2. The topological polar surface area (TPSA) is 29.9 Å². The Balaban J connectivity index is 1.64. The van der Waals surface area contributed by atoms with Gasteiger partial charge < -0.3 is 5.32 Å². The monoisotopic (exact) mass is 277 g/mol. The largest absolute Gasteiger partial charge is 0.310 e. The molecule has 2 aromatic rings. The molecule has 0 bridgehead atoms. The Labute approximate surface area is 116 Å². The molecule has 106 valence electrons. The maximum absolute atomic E-state index is 14.1. The predicted octanol–water partition coefficient (Wildman–Crippen LogP) is 2.93. The van der Waals surface area contributed by atoms with E-state index in [1.165, 1.54) is 29.7 Å². The maximum atomic E-state index is 14.1. The van der Waals surface area contributed by atoms with Gasteiger partial charge in [-0.2, -0.15) is 13.9 Å². The van der Waals surface area contributed by atoms with E-state index in [1.807, 2.05) is 0 Å². The summed E-state index contributed by atoms with van der Waals surface area (Å²) in [6.45, 7) is 0.266. The molecule has 1 aliphatic carbocycles. The molecule has 1 heterocycles. The molecule has 1 aliphatic rings. The Morgan fingerprint density at radius 3 is 2.70 bits per heavy atom. The van der Waals surface area contributed by atoms with Crippen molar-refractivity contribution in [2.75, 3.05) is 0 Å². The van der Waals surface area contributed by atoms with Crippen molar-refractivity contribution in [1.82, 2.24) is 15.1 Å². The number of benzene rings is 1. The first-order valence-corrected chi connectivity index (χ1v) is 6.81. The standard InChI is InChI=1S/C15H17F2N3/c16-15(17,13-4-2-1-3-5-13)11-20-10-12(9-19-20)8-18-14-6-7-14/h1-5,9-10,14,18H,6-8,11H2. The van der Waals surface area contributed by atoms with Crippen LogP contribution in [0, 0.1) is 0 Å². The van der Waals surface area contributed by atoms with Crippen LogP contribution in [-0.4, -0.2) is 15.8 Å². The first-order chi connectivity index (χ1) is 9.63. The van der Waals surface area contributed by atoms with Crippen molar-refractivity contribution < 1.29 is 8.78 Å². The van der Waals surface area contributed by atoms with Crippen LogP contribution in [0.15, 0.2) is 42.7 Å². The molecule has 3 rings (SSSR count). The summed E-state index contributed by atoms with van der Waals surface area (Å²) in [5.74, 6) is -2.91. The second-order valence-corrected chi connectivity index (χ2v) is 5.27. The van der Waals surface area contributed by atoms with E-state index in [4.69, 9.17) is 0 Å². The summed E-state index contributed by atoms with van der Waals surface area (Å²) in [7, 11) is 0. The first-order valence-electron chi connectivity index (χ1n) is 6.81. The Kier molecular flexibility index (Phi) is 3.53. The smallest absolute Gasteiger partial charge is 0.292 e. The maximum Gasteiger partial charge on any atom is 0.292 e. The van der Waals surface area contributed by atoms with Gasteiger partial charge in [0.1, 0.15) is 6.54 Å².